The molecule has 0 aliphatic rings. The molecule has 0 N–H and O–H groups in total. The molecule has 0 fully saturated rings. The van der Waals surface area contributed by atoms with Crippen molar-refractivity contribution in [1.29, 1.82) is 5.26 Å². The average molecular weight is 248 g/mol. The Labute approximate surface area is 104 Å². The maximum atomic E-state index is 8.82. The zero-order valence-electron chi connectivity index (χ0n) is 8.24. The van der Waals surface area contributed by atoms with Crippen LogP contribution in [-0.4, -0.2) is 0 Å². The maximum Gasteiger partial charge on any atom is 0.0991 e. The van der Waals surface area contributed by atoms with Crippen molar-refractivity contribution < 1.29 is 0 Å². The fourth-order valence-corrected chi connectivity index (χ4v) is 2.01. The second-order valence-electron chi connectivity index (χ2n) is 3.35. The number of benzene rings is 2. The van der Waals surface area contributed by atoms with Crippen molar-refractivity contribution in [2.24, 2.45) is 0 Å². The van der Waals surface area contributed by atoms with E-state index >= 15 is 0 Å². The van der Waals surface area contributed by atoms with Gasteiger partial charge < -0.3 is 0 Å². The Balaban J connectivity index is 2.54. The van der Waals surface area contributed by atoms with E-state index in [0.29, 0.717) is 15.6 Å². The number of hydrogen-bond acceptors (Lipinski definition) is 1. The smallest absolute Gasteiger partial charge is 0.0991 e. The molecule has 0 amide bonds. The van der Waals surface area contributed by atoms with Crippen molar-refractivity contribution in [2.75, 3.05) is 0 Å². The summed E-state index contributed by atoms with van der Waals surface area (Å²) in [4.78, 5) is 0. The van der Waals surface area contributed by atoms with Gasteiger partial charge in [0.05, 0.1) is 11.6 Å². The highest BCUT2D eigenvalue weighted by atomic mass is 35.5. The second-order valence-corrected chi connectivity index (χ2v) is 4.22. The van der Waals surface area contributed by atoms with E-state index in [4.69, 9.17) is 28.5 Å². The Bertz CT molecular complexity index is 550. The van der Waals surface area contributed by atoms with Crippen LogP contribution < -0.4 is 0 Å². The number of rotatable bonds is 1. The molecule has 78 valence electrons. The number of hydrogen-bond donors (Lipinski definition) is 0. The lowest BCUT2D eigenvalue weighted by molar-refractivity contribution is 1.48. The molecule has 3 heteroatoms. The summed E-state index contributed by atoms with van der Waals surface area (Å²) >= 11 is 11.8. The topological polar surface area (TPSA) is 23.8 Å². The van der Waals surface area contributed by atoms with Crippen molar-refractivity contribution >= 4 is 23.2 Å². The summed E-state index contributed by atoms with van der Waals surface area (Å²) < 4.78 is 0. The number of nitriles is 1. The van der Waals surface area contributed by atoms with E-state index in [1.165, 1.54) is 0 Å². The molecule has 0 saturated heterocycles. The van der Waals surface area contributed by atoms with Crippen molar-refractivity contribution in [3.63, 3.8) is 0 Å². The molecule has 0 radical (unpaired) electrons. The summed E-state index contributed by atoms with van der Waals surface area (Å²) in [6, 6.07) is 14.8. The van der Waals surface area contributed by atoms with Crippen LogP contribution in [0.25, 0.3) is 11.1 Å². The first-order valence-corrected chi connectivity index (χ1v) is 5.41. The Kier molecular flexibility index (Phi) is 3.14. The van der Waals surface area contributed by atoms with Gasteiger partial charge in [0.2, 0.25) is 0 Å². The van der Waals surface area contributed by atoms with E-state index in [0.717, 1.165) is 11.1 Å². The van der Waals surface area contributed by atoms with Gasteiger partial charge >= 0.3 is 0 Å². The molecule has 0 aromatic heterocycles. The second kappa shape index (κ2) is 4.57. The fraction of sp³-hybridized carbons (Fsp3) is 0. The first-order valence-electron chi connectivity index (χ1n) is 4.65. The van der Waals surface area contributed by atoms with Gasteiger partial charge in [0.1, 0.15) is 0 Å². The predicted octanol–water partition coefficient (Wildman–Crippen LogP) is 4.53. The van der Waals surface area contributed by atoms with Gasteiger partial charge in [0.25, 0.3) is 0 Å². The summed E-state index contributed by atoms with van der Waals surface area (Å²) in [5.41, 5.74) is 2.46. The van der Waals surface area contributed by atoms with E-state index in [9.17, 15) is 0 Å². The van der Waals surface area contributed by atoms with Gasteiger partial charge in [-0.25, -0.2) is 0 Å². The number of nitrogens with zero attached hydrogens (tertiary/aromatic N) is 1. The van der Waals surface area contributed by atoms with Crippen molar-refractivity contribution in [2.45, 2.75) is 0 Å². The summed E-state index contributed by atoms with van der Waals surface area (Å²) in [7, 11) is 0. The van der Waals surface area contributed by atoms with Crippen molar-refractivity contribution in [3.05, 3.63) is 58.1 Å². The maximum absolute atomic E-state index is 8.82. The SMILES string of the molecule is N#Cc1cccc(-c2cc(Cl)cc(Cl)c2)c1. The van der Waals surface area contributed by atoms with E-state index in [1.54, 1.807) is 12.1 Å². The van der Waals surface area contributed by atoms with Gasteiger partial charge in [-0.05, 0) is 41.5 Å². The molecule has 2 aromatic rings. The molecule has 0 unspecified atom stereocenters. The van der Waals surface area contributed by atoms with Gasteiger partial charge in [-0.15, -0.1) is 0 Å². The standard InChI is InChI=1S/C13H7Cl2N/c14-12-5-11(6-13(15)7-12)10-3-1-2-9(4-10)8-16/h1-7H. The molecule has 0 heterocycles. The van der Waals surface area contributed by atoms with Crippen LogP contribution in [0, 0.1) is 11.3 Å². The van der Waals surface area contributed by atoms with Crippen LogP contribution in [0.5, 0.6) is 0 Å². The summed E-state index contributed by atoms with van der Waals surface area (Å²) in [5.74, 6) is 0. The highest BCUT2D eigenvalue weighted by Gasteiger charge is 2.02. The van der Waals surface area contributed by atoms with Gasteiger partial charge in [0, 0.05) is 10.0 Å². The largest absolute Gasteiger partial charge is 0.192 e. The van der Waals surface area contributed by atoms with Crippen LogP contribution in [0.1, 0.15) is 5.56 Å². The molecule has 0 aliphatic carbocycles. The quantitative estimate of drug-likeness (QED) is 0.727. The van der Waals surface area contributed by atoms with Gasteiger partial charge in [0.15, 0.2) is 0 Å². The minimum Gasteiger partial charge on any atom is -0.192 e. The third-order valence-electron chi connectivity index (χ3n) is 2.19. The zero-order valence-corrected chi connectivity index (χ0v) is 9.76. The van der Waals surface area contributed by atoms with E-state index in [1.807, 2.05) is 30.3 Å². The fourth-order valence-electron chi connectivity index (χ4n) is 1.49. The summed E-state index contributed by atoms with van der Waals surface area (Å²) in [5, 5.41) is 9.99. The highest BCUT2D eigenvalue weighted by Crippen LogP contribution is 2.27. The first kappa shape index (κ1) is 11.0. The molecule has 0 atom stereocenters. The zero-order chi connectivity index (χ0) is 11.5. The van der Waals surface area contributed by atoms with Crippen LogP contribution in [0.4, 0.5) is 0 Å². The molecule has 2 rings (SSSR count). The molecule has 0 saturated carbocycles. The molecule has 16 heavy (non-hydrogen) atoms. The average Bonchev–Trinajstić information content (AvgIpc) is 2.28. The predicted molar refractivity (Wildman–Crippen MR) is 66.6 cm³/mol. The van der Waals surface area contributed by atoms with E-state index in [2.05, 4.69) is 6.07 Å². The molecule has 0 spiro atoms. The van der Waals surface area contributed by atoms with Crippen LogP contribution >= 0.6 is 23.2 Å². The van der Waals surface area contributed by atoms with Crippen LogP contribution in [0.15, 0.2) is 42.5 Å². The van der Waals surface area contributed by atoms with E-state index in [-0.39, 0.29) is 0 Å². The van der Waals surface area contributed by atoms with Gasteiger partial charge in [-0.2, -0.15) is 5.26 Å². The Morgan fingerprint density at radius 2 is 1.56 bits per heavy atom. The normalized spacial score (nSPS) is 9.81. The van der Waals surface area contributed by atoms with E-state index < -0.39 is 0 Å². The third kappa shape index (κ3) is 2.36. The van der Waals surface area contributed by atoms with Gasteiger partial charge in [-0.1, -0.05) is 35.3 Å². The third-order valence-corrected chi connectivity index (χ3v) is 2.62. The minimum absolute atomic E-state index is 0.588. The summed E-state index contributed by atoms with van der Waals surface area (Å²) in [6.07, 6.45) is 0. The number of halogens is 2. The lowest BCUT2D eigenvalue weighted by Crippen LogP contribution is -1.80. The monoisotopic (exact) mass is 247 g/mol. The molecule has 1 nitrogen and oxygen atoms in total. The molecular weight excluding hydrogens is 241 g/mol. The Morgan fingerprint density at radius 1 is 0.875 bits per heavy atom. The first-order chi connectivity index (χ1) is 7.69. The minimum atomic E-state index is 0.588. The Hall–Kier alpha value is -1.49. The highest BCUT2D eigenvalue weighted by molar-refractivity contribution is 6.35. The van der Waals surface area contributed by atoms with Crippen LogP contribution in [0.2, 0.25) is 10.0 Å². The van der Waals surface area contributed by atoms with Crippen LogP contribution in [0.3, 0.4) is 0 Å². The van der Waals surface area contributed by atoms with Crippen molar-refractivity contribution in [1.82, 2.24) is 0 Å². The van der Waals surface area contributed by atoms with Gasteiger partial charge in [-0.3, -0.25) is 0 Å². The lowest BCUT2D eigenvalue weighted by atomic mass is 10.0. The molecule has 2 aromatic carbocycles. The van der Waals surface area contributed by atoms with Crippen molar-refractivity contribution in [3.8, 4) is 17.2 Å². The molecular formula is C13H7Cl2N. The summed E-state index contributed by atoms with van der Waals surface area (Å²) in [6.45, 7) is 0. The van der Waals surface area contributed by atoms with Crippen LogP contribution in [-0.2, 0) is 0 Å². The molecule has 0 bridgehead atoms. The molecule has 0 aliphatic heterocycles. The Morgan fingerprint density at radius 3 is 2.19 bits per heavy atom. The lowest BCUT2D eigenvalue weighted by Gasteiger charge is -2.03.